The van der Waals surface area contributed by atoms with Gasteiger partial charge in [-0.25, -0.2) is 0 Å². The van der Waals surface area contributed by atoms with Gasteiger partial charge in [0.15, 0.2) is 0 Å². The molecule has 2 aromatic heterocycles. The summed E-state index contributed by atoms with van der Waals surface area (Å²) in [6.07, 6.45) is 21.5. The van der Waals surface area contributed by atoms with Gasteiger partial charge in [-0.1, -0.05) is 88.6 Å². The number of nitrogens with one attached hydrogen (secondary N) is 1. The van der Waals surface area contributed by atoms with Gasteiger partial charge < -0.3 is 9.82 Å². The van der Waals surface area contributed by atoms with Gasteiger partial charge in [0.05, 0.1) is 17.1 Å². The molecule has 0 fully saturated rings. The number of aliphatic imine (C=N–C) groups is 1. The molecule has 0 amide bonds. The molecule has 4 rings (SSSR count). The van der Waals surface area contributed by atoms with Crippen molar-refractivity contribution in [3.63, 3.8) is 0 Å². The van der Waals surface area contributed by atoms with E-state index in [2.05, 4.69) is 60.5 Å². The van der Waals surface area contributed by atoms with Crippen LogP contribution in [-0.2, 0) is 6.61 Å². The topological polar surface area (TPSA) is 42.3 Å². The van der Waals surface area contributed by atoms with Gasteiger partial charge >= 0.3 is 0 Å². The van der Waals surface area contributed by atoms with Crippen LogP contribution in [0.3, 0.4) is 0 Å². The van der Waals surface area contributed by atoms with Crippen molar-refractivity contribution in [2.75, 3.05) is 0 Å². The number of aromatic amines is 1. The van der Waals surface area contributed by atoms with Gasteiger partial charge in [0.2, 0.25) is 0 Å². The first-order valence-corrected chi connectivity index (χ1v) is 13.3. The lowest BCUT2D eigenvalue weighted by atomic mass is 10.1. The summed E-state index contributed by atoms with van der Waals surface area (Å²) in [5.41, 5.74) is 6.32. The smallest absolute Gasteiger partial charge is 0.140 e. The third-order valence-electron chi connectivity index (χ3n) is 6.49. The summed E-state index contributed by atoms with van der Waals surface area (Å²) in [5.74, 6) is 0. The van der Waals surface area contributed by atoms with E-state index in [1.807, 2.05) is 35.2 Å². The maximum absolute atomic E-state index is 6.27. The van der Waals surface area contributed by atoms with Gasteiger partial charge in [-0.2, -0.15) is 4.73 Å². The fourth-order valence-corrected chi connectivity index (χ4v) is 4.50. The van der Waals surface area contributed by atoms with Crippen molar-refractivity contribution < 1.29 is 4.84 Å². The van der Waals surface area contributed by atoms with E-state index in [-0.39, 0.29) is 0 Å². The third kappa shape index (κ3) is 7.61. The van der Waals surface area contributed by atoms with E-state index in [1.165, 1.54) is 63.5 Å². The van der Waals surface area contributed by atoms with E-state index in [0.717, 1.165) is 34.8 Å². The monoisotopic (exact) mass is 469 g/mol. The van der Waals surface area contributed by atoms with Crippen LogP contribution in [0.5, 0.6) is 0 Å². The number of aromatic nitrogens is 2. The van der Waals surface area contributed by atoms with Gasteiger partial charge in [0.25, 0.3) is 0 Å². The lowest BCUT2D eigenvalue weighted by Crippen LogP contribution is -2.14. The molecule has 1 N–H and O–H groups in total. The summed E-state index contributed by atoms with van der Waals surface area (Å²) in [4.78, 5) is 14.4. The fourth-order valence-electron chi connectivity index (χ4n) is 4.50. The van der Waals surface area contributed by atoms with Crippen LogP contribution < -0.4 is 4.84 Å². The number of benzene rings is 1. The molecule has 184 valence electrons. The van der Waals surface area contributed by atoms with E-state index in [1.54, 1.807) is 0 Å². The zero-order valence-corrected chi connectivity index (χ0v) is 21.1. The van der Waals surface area contributed by atoms with Crippen LogP contribution in [0, 0.1) is 0 Å². The minimum absolute atomic E-state index is 0.502. The van der Waals surface area contributed by atoms with Crippen LogP contribution in [0.2, 0.25) is 0 Å². The third-order valence-corrected chi connectivity index (χ3v) is 6.49. The van der Waals surface area contributed by atoms with Crippen molar-refractivity contribution in [1.82, 2.24) is 9.71 Å². The van der Waals surface area contributed by atoms with Crippen LogP contribution in [0.15, 0.2) is 83.6 Å². The molecule has 35 heavy (non-hydrogen) atoms. The Morgan fingerprint density at radius 2 is 1.60 bits per heavy atom. The van der Waals surface area contributed by atoms with Crippen molar-refractivity contribution in [3.05, 3.63) is 89.9 Å². The van der Waals surface area contributed by atoms with Crippen LogP contribution in [0.25, 0.3) is 17.5 Å². The minimum atomic E-state index is 0.502. The van der Waals surface area contributed by atoms with Crippen LogP contribution in [0.1, 0.15) is 82.4 Å². The number of unbranched alkanes of at least 4 members (excludes halogenated alkanes) is 8. The largest absolute Gasteiger partial charge is 0.408 e. The molecule has 1 aliphatic heterocycles. The maximum atomic E-state index is 6.27. The zero-order valence-electron chi connectivity index (χ0n) is 21.1. The summed E-state index contributed by atoms with van der Waals surface area (Å²) < 4.78 is 1.91. The Kier molecular flexibility index (Phi) is 9.64. The summed E-state index contributed by atoms with van der Waals surface area (Å²) >= 11 is 0. The second kappa shape index (κ2) is 13.6. The Bertz CT molecular complexity index is 1100. The van der Waals surface area contributed by atoms with Crippen molar-refractivity contribution in [3.8, 4) is 11.4 Å². The maximum Gasteiger partial charge on any atom is 0.140 e. The second-order valence-corrected chi connectivity index (χ2v) is 9.36. The van der Waals surface area contributed by atoms with E-state index in [0.29, 0.717) is 6.61 Å². The molecule has 0 bridgehead atoms. The number of hydrogen-bond donors (Lipinski definition) is 1. The van der Waals surface area contributed by atoms with E-state index in [9.17, 15) is 0 Å². The highest BCUT2D eigenvalue weighted by Gasteiger charge is 2.13. The molecule has 3 heterocycles. The number of rotatable bonds is 15. The summed E-state index contributed by atoms with van der Waals surface area (Å²) in [6, 6.07) is 18.5. The van der Waals surface area contributed by atoms with E-state index in [4.69, 9.17) is 9.83 Å². The Hall–Kier alpha value is -3.27. The van der Waals surface area contributed by atoms with Crippen molar-refractivity contribution in [1.29, 1.82) is 0 Å². The van der Waals surface area contributed by atoms with Crippen LogP contribution in [0.4, 0.5) is 0 Å². The average molecular weight is 470 g/mol. The number of hydrogen-bond acceptors (Lipinski definition) is 2. The molecule has 1 aliphatic rings. The molecule has 0 radical (unpaired) electrons. The highest BCUT2D eigenvalue weighted by molar-refractivity contribution is 5.99. The Morgan fingerprint density at radius 1 is 0.829 bits per heavy atom. The highest BCUT2D eigenvalue weighted by Crippen LogP contribution is 2.24. The predicted molar refractivity (Wildman–Crippen MR) is 147 cm³/mol. The van der Waals surface area contributed by atoms with Gasteiger partial charge in [0.1, 0.15) is 12.3 Å². The molecule has 0 unspecified atom stereocenters. The molecular formula is C31H39N3O. The number of allylic oxidation sites excluding steroid dienone is 2. The number of H-pyrrole nitrogens is 1. The van der Waals surface area contributed by atoms with E-state index < -0.39 is 0 Å². The lowest BCUT2D eigenvalue weighted by molar-refractivity contribution is 0.100. The standard InChI is InChI=1S/C31H39N3O/c1-2-3-4-5-6-7-8-9-13-17-27-19-20-28(33-27)24-29-21-22-31(30-18-14-23-32-30)34(29)35-25-26-15-11-10-12-16-26/h10-12,14-16,18-24,32H,2-9,13,17,25H2,1H3. The Balaban J connectivity index is 1.33. The Labute approximate surface area is 210 Å². The Morgan fingerprint density at radius 3 is 2.34 bits per heavy atom. The summed E-state index contributed by atoms with van der Waals surface area (Å²) in [7, 11) is 0. The first-order chi connectivity index (χ1) is 17.3. The van der Waals surface area contributed by atoms with Crippen molar-refractivity contribution in [2.45, 2.75) is 77.7 Å². The molecule has 1 aromatic carbocycles. The minimum Gasteiger partial charge on any atom is -0.408 e. The van der Waals surface area contributed by atoms with Gasteiger partial charge in [0, 0.05) is 11.9 Å². The molecular weight excluding hydrogens is 430 g/mol. The molecule has 0 saturated heterocycles. The second-order valence-electron chi connectivity index (χ2n) is 9.36. The summed E-state index contributed by atoms with van der Waals surface area (Å²) in [6.45, 7) is 2.78. The fraction of sp³-hybridized carbons (Fsp3) is 0.387. The molecule has 0 aliphatic carbocycles. The van der Waals surface area contributed by atoms with Crippen molar-refractivity contribution in [2.24, 2.45) is 4.99 Å². The van der Waals surface area contributed by atoms with Crippen molar-refractivity contribution >= 4 is 11.8 Å². The molecule has 3 aromatic rings. The highest BCUT2D eigenvalue weighted by atomic mass is 16.7. The van der Waals surface area contributed by atoms with Gasteiger partial charge in [-0.05, 0) is 60.9 Å². The molecule has 0 saturated carbocycles. The van der Waals surface area contributed by atoms with E-state index >= 15 is 0 Å². The molecule has 4 nitrogen and oxygen atoms in total. The predicted octanol–water partition coefficient (Wildman–Crippen LogP) is 8.38. The molecule has 0 atom stereocenters. The molecule has 4 heteroatoms. The first kappa shape index (κ1) is 24.8. The normalized spacial score (nSPS) is 14.1. The summed E-state index contributed by atoms with van der Waals surface area (Å²) in [5, 5.41) is 0. The van der Waals surface area contributed by atoms with Crippen LogP contribution >= 0.6 is 0 Å². The van der Waals surface area contributed by atoms with Gasteiger partial charge in [-0.3, -0.25) is 4.99 Å². The van der Waals surface area contributed by atoms with Crippen LogP contribution in [-0.4, -0.2) is 15.4 Å². The quantitative estimate of drug-likeness (QED) is 0.223. The number of nitrogens with zero attached hydrogens (tertiary/aromatic N) is 2. The average Bonchev–Trinajstić information content (AvgIpc) is 3.64. The zero-order chi connectivity index (χ0) is 24.1. The SMILES string of the molecule is CCCCCCCCCCCC1=NC(=Cc2ccc(-c3ccc[nH]3)n2OCc2ccccc2)C=C1. The van der Waals surface area contributed by atoms with Gasteiger partial charge in [-0.15, -0.1) is 0 Å². The molecule has 0 spiro atoms. The lowest BCUT2D eigenvalue weighted by Gasteiger charge is -2.13. The first-order valence-electron chi connectivity index (χ1n) is 13.3.